The zero-order chi connectivity index (χ0) is 20.5. The molecule has 6 nitrogen and oxygen atoms in total. The van der Waals surface area contributed by atoms with E-state index in [1.807, 2.05) is 35.2 Å². The predicted molar refractivity (Wildman–Crippen MR) is 117 cm³/mol. The van der Waals surface area contributed by atoms with Crippen LogP contribution < -0.4 is 5.32 Å². The van der Waals surface area contributed by atoms with Gasteiger partial charge in [-0.05, 0) is 43.7 Å². The summed E-state index contributed by atoms with van der Waals surface area (Å²) >= 11 is 0. The Morgan fingerprint density at radius 2 is 1.83 bits per heavy atom. The van der Waals surface area contributed by atoms with Gasteiger partial charge in [-0.25, -0.2) is 8.42 Å². The molecule has 2 aliphatic rings. The molecule has 1 amide bonds. The third-order valence-corrected chi connectivity index (χ3v) is 7.01. The normalized spacial score (nSPS) is 19.2. The molecule has 1 fully saturated rings. The second-order valence-corrected chi connectivity index (χ2v) is 9.46. The molecule has 1 aromatic carbocycles. The molecule has 0 spiro atoms. The molecule has 1 N–H and O–H groups in total. The second kappa shape index (κ2) is 10.7. The van der Waals surface area contributed by atoms with Crippen LogP contribution in [0.5, 0.6) is 0 Å². The molecule has 1 saturated heterocycles. The molecule has 0 atom stereocenters. The van der Waals surface area contributed by atoms with E-state index < -0.39 is 10.0 Å². The van der Waals surface area contributed by atoms with Crippen molar-refractivity contribution in [1.29, 1.82) is 0 Å². The van der Waals surface area contributed by atoms with E-state index >= 15 is 0 Å². The topological polar surface area (TPSA) is 69.7 Å². The van der Waals surface area contributed by atoms with Gasteiger partial charge in [0.2, 0.25) is 15.9 Å². The molecule has 0 unspecified atom stereocenters. The summed E-state index contributed by atoms with van der Waals surface area (Å²) in [7, 11) is -3.44. The fourth-order valence-electron chi connectivity index (χ4n) is 3.71. The molecule has 0 saturated carbocycles. The Hall–Kier alpha value is -1.96. The van der Waals surface area contributed by atoms with Crippen LogP contribution in [0.25, 0.3) is 6.08 Å². The summed E-state index contributed by atoms with van der Waals surface area (Å²) in [5.41, 5.74) is 2.31. The van der Waals surface area contributed by atoms with Crippen LogP contribution in [0.3, 0.4) is 0 Å². The van der Waals surface area contributed by atoms with Crippen molar-refractivity contribution in [2.45, 2.75) is 32.1 Å². The lowest BCUT2D eigenvalue weighted by Crippen LogP contribution is -2.50. The molecule has 1 aliphatic heterocycles. The van der Waals surface area contributed by atoms with Gasteiger partial charge in [0.25, 0.3) is 0 Å². The predicted octanol–water partition coefficient (Wildman–Crippen LogP) is 2.61. The van der Waals surface area contributed by atoms with Crippen molar-refractivity contribution < 1.29 is 13.2 Å². The minimum absolute atomic E-state index is 0.0155. The van der Waals surface area contributed by atoms with Gasteiger partial charge in [0.1, 0.15) is 0 Å². The largest absolute Gasteiger partial charge is 0.355 e. The maximum absolute atomic E-state index is 12.5. The number of sulfonamides is 1. The summed E-state index contributed by atoms with van der Waals surface area (Å²) in [6, 6.07) is 9.39. The van der Waals surface area contributed by atoms with Crippen molar-refractivity contribution in [2.24, 2.45) is 0 Å². The quantitative estimate of drug-likeness (QED) is 0.660. The number of rotatable bonds is 8. The lowest BCUT2D eigenvalue weighted by Gasteiger charge is -2.32. The van der Waals surface area contributed by atoms with E-state index in [1.54, 1.807) is 6.08 Å². The number of carbonyl (C=O) groups is 1. The van der Waals surface area contributed by atoms with Crippen molar-refractivity contribution in [3.63, 3.8) is 0 Å². The number of nitrogens with one attached hydrogen (secondary N) is 1. The standard InChI is InChI=1S/C22H31N3O3S/c26-22(23-13-11-20-7-3-1-4-8-20)19-24-14-16-25(17-15-24)29(27,28)18-12-21-9-5-2-6-10-21/h2,5-7,9-10,12,18H,1,3-4,8,11,13-17,19H2,(H,23,26)/b18-12+. The third-order valence-electron chi connectivity index (χ3n) is 5.44. The van der Waals surface area contributed by atoms with Crippen molar-refractivity contribution in [3.05, 3.63) is 53.0 Å². The van der Waals surface area contributed by atoms with E-state index in [0.29, 0.717) is 39.3 Å². The summed E-state index contributed by atoms with van der Waals surface area (Å²) in [6.07, 6.45) is 9.72. The van der Waals surface area contributed by atoms with Gasteiger partial charge >= 0.3 is 0 Å². The number of benzene rings is 1. The molecular formula is C22H31N3O3S. The number of allylic oxidation sites excluding steroid dienone is 1. The summed E-state index contributed by atoms with van der Waals surface area (Å²) in [4.78, 5) is 14.2. The SMILES string of the molecule is O=C(CN1CCN(S(=O)(=O)/C=C/c2ccccc2)CC1)NCCC1=CCCCC1. The van der Waals surface area contributed by atoms with E-state index in [-0.39, 0.29) is 5.91 Å². The monoisotopic (exact) mass is 417 g/mol. The van der Waals surface area contributed by atoms with E-state index in [2.05, 4.69) is 11.4 Å². The number of hydrogen-bond acceptors (Lipinski definition) is 4. The minimum Gasteiger partial charge on any atom is -0.355 e. The number of amides is 1. The highest BCUT2D eigenvalue weighted by Crippen LogP contribution is 2.19. The lowest BCUT2D eigenvalue weighted by molar-refractivity contribution is -0.122. The first kappa shape index (κ1) is 21.7. The number of hydrogen-bond donors (Lipinski definition) is 1. The molecule has 1 aliphatic carbocycles. The molecule has 158 valence electrons. The molecular weight excluding hydrogens is 386 g/mol. The van der Waals surface area contributed by atoms with Gasteiger partial charge < -0.3 is 5.32 Å². The molecule has 1 aromatic rings. The molecule has 1 heterocycles. The van der Waals surface area contributed by atoms with Crippen LogP contribution in [0, 0.1) is 0 Å². The van der Waals surface area contributed by atoms with Gasteiger partial charge in [-0.1, -0.05) is 42.0 Å². The van der Waals surface area contributed by atoms with Crippen LogP contribution in [0.1, 0.15) is 37.7 Å². The smallest absolute Gasteiger partial charge is 0.236 e. The summed E-state index contributed by atoms with van der Waals surface area (Å²) in [5.74, 6) is 0.0155. The van der Waals surface area contributed by atoms with E-state index in [0.717, 1.165) is 24.8 Å². The third kappa shape index (κ3) is 7.10. The number of piperazine rings is 1. The van der Waals surface area contributed by atoms with Gasteiger partial charge in [-0.15, -0.1) is 0 Å². The average molecular weight is 418 g/mol. The molecule has 7 heteroatoms. The maximum atomic E-state index is 12.5. The Morgan fingerprint density at radius 3 is 2.52 bits per heavy atom. The zero-order valence-electron chi connectivity index (χ0n) is 16.9. The van der Waals surface area contributed by atoms with Crippen LogP contribution in [0.15, 0.2) is 47.4 Å². The number of nitrogens with zero attached hydrogens (tertiary/aromatic N) is 2. The van der Waals surface area contributed by atoms with Gasteiger partial charge in [-0.2, -0.15) is 4.31 Å². The second-order valence-electron chi connectivity index (χ2n) is 7.64. The van der Waals surface area contributed by atoms with Crippen molar-refractivity contribution >= 4 is 22.0 Å². The maximum Gasteiger partial charge on any atom is 0.236 e. The highest BCUT2D eigenvalue weighted by molar-refractivity contribution is 7.92. The van der Waals surface area contributed by atoms with Crippen LogP contribution in [0.4, 0.5) is 0 Å². The fourth-order valence-corrected chi connectivity index (χ4v) is 4.88. The summed E-state index contributed by atoms with van der Waals surface area (Å²) in [5, 5.41) is 4.26. The fraction of sp³-hybridized carbons (Fsp3) is 0.500. The molecule has 0 aromatic heterocycles. The first-order chi connectivity index (χ1) is 14.0. The zero-order valence-corrected chi connectivity index (χ0v) is 17.7. The molecule has 0 radical (unpaired) electrons. The van der Waals surface area contributed by atoms with Crippen molar-refractivity contribution in [1.82, 2.24) is 14.5 Å². The highest BCUT2D eigenvalue weighted by Gasteiger charge is 2.25. The van der Waals surface area contributed by atoms with Gasteiger partial charge in [-0.3, -0.25) is 9.69 Å². The molecule has 0 bridgehead atoms. The van der Waals surface area contributed by atoms with E-state index in [4.69, 9.17) is 0 Å². The number of carbonyl (C=O) groups excluding carboxylic acids is 1. The molecule has 3 rings (SSSR count). The Morgan fingerprint density at radius 1 is 1.07 bits per heavy atom. The lowest BCUT2D eigenvalue weighted by atomic mass is 9.97. The summed E-state index contributed by atoms with van der Waals surface area (Å²) < 4.78 is 26.5. The summed E-state index contributed by atoms with van der Waals surface area (Å²) in [6.45, 7) is 2.95. The van der Waals surface area contributed by atoms with Crippen LogP contribution in [-0.2, 0) is 14.8 Å². The molecule has 29 heavy (non-hydrogen) atoms. The van der Waals surface area contributed by atoms with Gasteiger partial charge in [0.05, 0.1) is 6.54 Å². The minimum atomic E-state index is -3.44. The Bertz CT molecular complexity index is 826. The van der Waals surface area contributed by atoms with E-state index in [1.165, 1.54) is 28.1 Å². The first-order valence-corrected chi connectivity index (χ1v) is 11.9. The van der Waals surface area contributed by atoms with Gasteiger partial charge in [0, 0.05) is 38.1 Å². The van der Waals surface area contributed by atoms with E-state index in [9.17, 15) is 13.2 Å². The Labute approximate surface area is 174 Å². The Balaban J connectivity index is 1.38. The first-order valence-electron chi connectivity index (χ1n) is 10.4. The Kier molecular flexibility index (Phi) is 8.03. The van der Waals surface area contributed by atoms with Crippen molar-refractivity contribution in [3.8, 4) is 0 Å². The van der Waals surface area contributed by atoms with Gasteiger partial charge in [0.15, 0.2) is 0 Å². The van der Waals surface area contributed by atoms with Crippen molar-refractivity contribution in [2.75, 3.05) is 39.3 Å². The average Bonchev–Trinajstić information content (AvgIpc) is 2.74. The van der Waals surface area contributed by atoms with Crippen LogP contribution >= 0.6 is 0 Å². The van der Waals surface area contributed by atoms with Crippen LogP contribution in [0.2, 0.25) is 0 Å². The van der Waals surface area contributed by atoms with Crippen LogP contribution in [-0.4, -0.2) is 62.8 Å². The highest BCUT2D eigenvalue weighted by atomic mass is 32.2.